The van der Waals surface area contributed by atoms with E-state index in [2.05, 4.69) is 41.7 Å². The zero-order chi connectivity index (χ0) is 27.3. The number of benzene rings is 3. The maximum absolute atomic E-state index is 13.0. The number of methoxy groups -OCH3 is 1. The number of hydrogen-bond acceptors (Lipinski definition) is 4. The summed E-state index contributed by atoms with van der Waals surface area (Å²) in [6.45, 7) is 0.0968. The zero-order valence-corrected chi connectivity index (χ0v) is 22.0. The van der Waals surface area contributed by atoms with E-state index < -0.39 is 0 Å². The highest BCUT2D eigenvalue weighted by atomic mass is 16.5. The molecule has 1 unspecified atom stereocenters. The second-order valence-corrected chi connectivity index (χ2v) is 8.90. The molecule has 0 saturated carbocycles. The Bertz CT molecular complexity index is 1380. The first-order valence-corrected chi connectivity index (χ1v) is 12.9. The lowest BCUT2D eigenvalue weighted by molar-refractivity contribution is -0.122. The van der Waals surface area contributed by atoms with Gasteiger partial charge in [-0.1, -0.05) is 109 Å². The van der Waals surface area contributed by atoms with Crippen LogP contribution in [0.5, 0.6) is 11.5 Å². The van der Waals surface area contributed by atoms with Crippen LogP contribution in [0.2, 0.25) is 0 Å². The first kappa shape index (κ1) is 27.4. The number of aliphatic hydroxyl groups excluding tert-OH is 1. The van der Waals surface area contributed by atoms with E-state index in [1.54, 1.807) is 25.3 Å². The molecule has 0 aliphatic rings. The normalized spacial score (nSPS) is 11.1. The molecule has 0 fully saturated rings. The van der Waals surface area contributed by atoms with Crippen LogP contribution >= 0.6 is 0 Å². The zero-order valence-electron chi connectivity index (χ0n) is 22.0. The van der Waals surface area contributed by atoms with Gasteiger partial charge in [0.15, 0.2) is 0 Å². The molecule has 0 heterocycles. The maximum atomic E-state index is 13.0. The van der Waals surface area contributed by atoms with Crippen molar-refractivity contribution in [1.82, 2.24) is 5.32 Å². The molecule has 5 nitrogen and oxygen atoms in total. The molecule has 4 aromatic carbocycles. The predicted molar refractivity (Wildman–Crippen MR) is 155 cm³/mol. The summed E-state index contributed by atoms with van der Waals surface area (Å²) in [5, 5.41) is 12.6. The molecular weight excluding hydrogens is 486 g/mol. The van der Waals surface area contributed by atoms with Gasteiger partial charge < -0.3 is 19.9 Å². The van der Waals surface area contributed by atoms with Crippen LogP contribution in [0.4, 0.5) is 0 Å². The smallest absolute Gasteiger partial charge is 0.224 e. The van der Waals surface area contributed by atoms with Gasteiger partial charge in [-0.2, -0.15) is 0 Å². The first-order chi connectivity index (χ1) is 19.2. The molecule has 2 N–H and O–H groups in total. The fourth-order valence-electron chi connectivity index (χ4n) is 4.20. The van der Waals surface area contributed by atoms with Gasteiger partial charge in [0.2, 0.25) is 5.91 Å². The van der Waals surface area contributed by atoms with Crippen LogP contribution in [-0.4, -0.2) is 24.7 Å². The van der Waals surface area contributed by atoms with Crippen molar-refractivity contribution >= 4 is 5.91 Å². The fourth-order valence-corrected chi connectivity index (χ4v) is 4.20. The second-order valence-electron chi connectivity index (χ2n) is 8.90. The quantitative estimate of drug-likeness (QED) is 0.246. The van der Waals surface area contributed by atoms with Crippen LogP contribution in [0, 0.1) is 0 Å². The van der Waals surface area contributed by atoms with Crippen molar-refractivity contribution < 1.29 is 19.4 Å². The molecule has 4 rings (SSSR count). The van der Waals surface area contributed by atoms with Crippen LogP contribution in [0.3, 0.4) is 0 Å². The molecule has 5 heteroatoms. The fraction of sp³-hybridized carbons (Fsp3) is 0.147. The Morgan fingerprint density at radius 1 is 0.744 bits per heavy atom. The van der Waals surface area contributed by atoms with Crippen molar-refractivity contribution in [2.24, 2.45) is 0 Å². The average molecular weight is 520 g/mol. The Balaban J connectivity index is 1.47. The van der Waals surface area contributed by atoms with Gasteiger partial charge >= 0.3 is 0 Å². The number of hydrogen-bond donors (Lipinski definition) is 2. The van der Waals surface area contributed by atoms with E-state index in [-0.39, 0.29) is 31.6 Å². The number of nitrogens with one attached hydrogen (secondary N) is 1. The summed E-state index contributed by atoms with van der Waals surface area (Å²) in [6.07, 6.45) is 0.192. The maximum Gasteiger partial charge on any atom is 0.224 e. The van der Waals surface area contributed by atoms with Crippen molar-refractivity contribution in [3.05, 3.63) is 144 Å². The number of ether oxygens (including phenoxy) is 2. The standard InChI is InChI=1S/C34H33NO4/c1-38-32-24-31(21-20-30(32)25-36)39-23-22-33(37)35-34(28-14-10-7-11-15-28)29-18-16-27(17-19-29)26-12-8-5-3-2-4-6-9-13-26/h2-21,24,34,36H,22-23,25H2,1H3,(H,35,37). The van der Waals surface area contributed by atoms with Gasteiger partial charge in [0.25, 0.3) is 0 Å². The summed E-state index contributed by atoms with van der Waals surface area (Å²) in [7, 11) is 1.54. The summed E-state index contributed by atoms with van der Waals surface area (Å²) in [5.41, 5.74) is 4.86. The first-order valence-electron chi connectivity index (χ1n) is 12.9. The van der Waals surface area contributed by atoms with Gasteiger partial charge in [-0.15, -0.1) is 0 Å². The van der Waals surface area contributed by atoms with E-state index in [1.807, 2.05) is 72.8 Å². The lowest BCUT2D eigenvalue weighted by atomic mass is 9.96. The van der Waals surface area contributed by atoms with Crippen molar-refractivity contribution in [2.45, 2.75) is 19.1 Å². The van der Waals surface area contributed by atoms with E-state index in [9.17, 15) is 9.90 Å². The Kier molecular flexibility index (Phi) is 10.1. The molecule has 39 heavy (non-hydrogen) atoms. The highest BCUT2D eigenvalue weighted by molar-refractivity contribution is 5.77. The number of rotatable bonds is 10. The SMILES string of the molecule is COc1cc(OCCC(=O)NC(c2ccccc2)c2ccc(-c3ccccccccc3)cc2)ccc1CO. The number of amides is 1. The molecule has 0 aliphatic carbocycles. The number of carbonyl (C=O) groups is 1. The van der Waals surface area contributed by atoms with E-state index in [1.165, 1.54) is 0 Å². The van der Waals surface area contributed by atoms with E-state index in [4.69, 9.17) is 9.47 Å². The van der Waals surface area contributed by atoms with Crippen LogP contribution in [0.15, 0.2) is 127 Å². The molecule has 0 radical (unpaired) electrons. The Morgan fingerprint density at radius 2 is 1.31 bits per heavy atom. The molecule has 1 atom stereocenters. The number of carbonyl (C=O) groups excluding carboxylic acids is 1. The van der Waals surface area contributed by atoms with Crippen molar-refractivity contribution in [1.29, 1.82) is 0 Å². The highest BCUT2D eigenvalue weighted by Crippen LogP contribution is 2.27. The third-order valence-electron chi connectivity index (χ3n) is 6.26. The van der Waals surface area contributed by atoms with Gasteiger partial charge in [-0.25, -0.2) is 0 Å². The van der Waals surface area contributed by atoms with Crippen LogP contribution in [0.1, 0.15) is 29.2 Å². The molecule has 0 aliphatic heterocycles. The average Bonchev–Trinajstić information content (AvgIpc) is 2.99. The van der Waals surface area contributed by atoms with Crippen molar-refractivity contribution in [2.75, 3.05) is 13.7 Å². The summed E-state index contributed by atoms with van der Waals surface area (Å²) in [6, 6.07) is 41.3. The third kappa shape index (κ3) is 7.94. The molecule has 0 bridgehead atoms. The molecule has 0 aromatic heterocycles. The monoisotopic (exact) mass is 519 g/mol. The van der Waals surface area contributed by atoms with Crippen molar-refractivity contribution in [3.8, 4) is 22.6 Å². The summed E-state index contributed by atoms with van der Waals surface area (Å²) in [5.74, 6) is 1.01. The third-order valence-corrected chi connectivity index (χ3v) is 6.26. The van der Waals surface area contributed by atoms with Crippen LogP contribution < -0.4 is 14.8 Å². The Hall–Kier alpha value is -4.61. The summed E-state index contributed by atoms with van der Waals surface area (Å²) in [4.78, 5) is 13.0. The predicted octanol–water partition coefficient (Wildman–Crippen LogP) is 6.65. The largest absolute Gasteiger partial charge is 0.496 e. The molecule has 0 saturated heterocycles. The second kappa shape index (κ2) is 14.4. The van der Waals surface area contributed by atoms with E-state index in [0.717, 1.165) is 22.3 Å². The summed E-state index contributed by atoms with van der Waals surface area (Å²) < 4.78 is 11.1. The minimum atomic E-state index is -0.293. The van der Waals surface area contributed by atoms with Gasteiger partial charge in [0.05, 0.1) is 32.8 Å². The van der Waals surface area contributed by atoms with Gasteiger partial charge in [0.1, 0.15) is 11.5 Å². The van der Waals surface area contributed by atoms with E-state index in [0.29, 0.717) is 17.1 Å². The van der Waals surface area contributed by atoms with Gasteiger partial charge in [-0.3, -0.25) is 4.79 Å². The lowest BCUT2D eigenvalue weighted by Gasteiger charge is -2.20. The molecule has 4 aromatic rings. The summed E-state index contributed by atoms with van der Waals surface area (Å²) >= 11 is 0. The number of aliphatic hydroxyl groups is 1. The molecule has 1 amide bonds. The lowest BCUT2D eigenvalue weighted by Crippen LogP contribution is -2.30. The van der Waals surface area contributed by atoms with E-state index >= 15 is 0 Å². The topological polar surface area (TPSA) is 67.8 Å². The minimum absolute atomic E-state index is 0.116. The Morgan fingerprint density at radius 3 is 1.95 bits per heavy atom. The van der Waals surface area contributed by atoms with Gasteiger partial charge in [-0.05, 0) is 34.4 Å². The highest BCUT2D eigenvalue weighted by Gasteiger charge is 2.17. The van der Waals surface area contributed by atoms with Gasteiger partial charge in [0, 0.05) is 11.6 Å². The van der Waals surface area contributed by atoms with Crippen LogP contribution in [0.25, 0.3) is 11.1 Å². The van der Waals surface area contributed by atoms with Crippen LogP contribution in [-0.2, 0) is 11.4 Å². The molecular formula is C34H33NO4. The molecule has 0 spiro atoms. The minimum Gasteiger partial charge on any atom is -0.496 e. The van der Waals surface area contributed by atoms with Crippen molar-refractivity contribution in [3.63, 3.8) is 0 Å². The molecule has 198 valence electrons. The Labute approximate surface area is 230 Å².